The number of carbonyl (C=O) groups excluding carboxylic acids is 1. The number of nitrogens with zero attached hydrogens (tertiary/aromatic N) is 1. The van der Waals surface area contributed by atoms with Gasteiger partial charge in [0.2, 0.25) is 5.91 Å². The number of carbonyl (C=O) groups is 2. The Morgan fingerprint density at radius 2 is 2.10 bits per heavy atom. The van der Waals surface area contributed by atoms with Gasteiger partial charge in [-0.15, -0.1) is 11.8 Å². The molecule has 0 aromatic heterocycles. The molecule has 2 atom stereocenters. The van der Waals surface area contributed by atoms with E-state index in [0.29, 0.717) is 31.8 Å². The minimum Gasteiger partial charge on any atom is -0.480 e. The van der Waals surface area contributed by atoms with E-state index in [-0.39, 0.29) is 11.3 Å². The molecule has 2 aliphatic heterocycles. The van der Waals surface area contributed by atoms with Crippen LogP contribution in [0.5, 0.6) is 0 Å². The van der Waals surface area contributed by atoms with Crippen LogP contribution < -0.4 is 5.73 Å². The second-order valence-corrected chi connectivity index (χ2v) is 6.62. The van der Waals surface area contributed by atoms with Gasteiger partial charge in [0, 0.05) is 19.0 Å². The molecular formula is C13H22N2O4S. The maximum Gasteiger partial charge on any atom is 0.327 e. The average molecular weight is 302 g/mol. The fourth-order valence-electron chi connectivity index (χ4n) is 2.70. The number of amides is 1. The maximum atomic E-state index is 12.8. The second-order valence-electron chi connectivity index (χ2n) is 5.41. The topological polar surface area (TPSA) is 92.9 Å². The summed E-state index contributed by atoms with van der Waals surface area (Å²) >= 11 is 1.54. The zero-order chi connectivity index (χ0) is 14.8. The summed E-state index contributed by atoms with van der Waals surface area (Å²) in [4.78, 5) is 25.7. The van der Waals surface area contributed by atoms with Crippen LogP contribution in [0.15, 0.2) is 0 Å². The number of nitrogens with two attached hydrogens (primary N) is 1. The number of ether oxygens (including phenoxy) is 1. The van der Waals surface area contributed by atoms with E-state index in [4.69, 9.17) is 10.5 Å². The maximum absolute atomic E-state index is 12.8. The molecule has 2 unspecified atom stereocenters. The first-order valence-corrected chi connectivity index (χ1v) is 8.08. The molecule has 0 aromatic carbocycles. The molecule has 7 heteroatoms. The van der Waals surface area contributed by atoms with Crippen LogP contribution in [0.1, 0.15) is 32.6 Å². The van der Waals surface area contributed by atoms with Crippen molar-refractivity contribution in [1.29, 1.82) is 0 Å². The summed E-state index contributed by atoms with van der Waals surface area (Å²) in [6, 6.07) is -0.757. The molecule has 0 saturated carbocycles. The molecule has 2 heterocycles. The van der Waals surface area contributed by atoms with E-state index in [0.717, 1.165) is 12.8 Å². The van der Waals surface area contributed by atoms with E-state index in [1.165, 1.54) is 16.7 Å². The van der Waals surface area contributed by atoms with Crippen molar-refractivity contribution in [1.82, 2.24) is 4.90 Å². The Hall–Kier alpha value is -0.790. The molecule has 2 fully saturated rings. The largest absolute Gasteiger partial charge is 0.480 e. The van der Waals surface area contributed by atoms with Crippen molar-refractivity contribution in [3.05, 3.63) is 0 Å². The lowest BCUT2D eigenvalue weighted by atomic mass is 9.89. The van der Waals surface area contributed by atoms with Crippen molar-refractivity contribution < 1.29 is 19.4 Å². The lowest BCUT2D eigenvalue weighted by Gasteiger charge is -2.38. The van der Waals surface area contributed by atoms with Crippen molar-refractivity contribution in [2.45, 2.75) is 49.6 Å². The second kappa shape index (κ2) is 6.32. The smallest absolute Gasteiger partial charge is 0.327 e. The molecule has 0 aromatic rings. The number of thioether (sulfide) groups is 1. The molecule has 2 aliphatic rings. The van der Waals surface area contributed by atoms with Crippen LogP contribution in [0, 0.1) is 0 Å². The van der Waals surface area contributed by atoms with Gasteiger partial charge < -0.3 is 20.5 Å². The monoisotopic (exact) mass is 302 g/mol. The van der Waals surface area contributed by atoms with Gasteiger partial charge in [-0.25, -0.2) is 4.79 Å². The van der Waals surface area contributed by atoms with Gasteiger partial charge in [0.25, 0.3) is 0 Å². The Morgan fingerprint density at radius 1 is 1.45 bits per heavy atom. The summed E-state index contributed by atoms with van der Waals surface area (Å²) in [6.07, 6.45) is 2.62. The average Bonchev–Trinajstić information content (AvgIpc) is 2.83. The summed E-state index contributed by atoms with van der Waals surface area (Å²) in [6.45, 7) is 2.95. The highest BCUT2D eigenvalue weighted by molar-refractivity contribution is 8.00. The van der Waals surface area contributed by atoms with Gasteiger partial charge in [0.05, 0.1) is 5.37 Å². The zero-order valence-electron chi connectivity index (χ0n) is 11.7. The Balaban J connectivity index is 2.19. The number of hydrogen-bond acceptors (Lipinski definition) is 5. The van der Waals surface area contributed by atoms with Crippen LogP contribution in [0.2, 0.25) is 0 Å². The highest BCUT2D eigenvalue weighted by atomic mass is 32.2. The third-order valence-electron chi connectivity index (χ3n) is 3.96. The molecule has 0 aliphatic carbocycles. The van der Waals surface area contributed by atoms with Crippen LogP contribution in [0.4, 0.5) is 0 Å². The van der Waals surface area contributed by atoms with Gasteiger partial charge >= 0.3 is 5.97 Å². The van der Waals surface area contributed by atoms with E-state index in [9.17, 15) is 14.7 Å². The minimum absolute atomic E-state index is 0.0723. The summed E-state index contributed by atoms with van der Waals surface area (Å²) in [7, 11) is 0. The Kier molecular flexibility index (Phi) is 4.93. The zero-order valence-corrected chi connectivity index (χ0v) is 12.5. The van der Waals surface area contributed by atoms with Crippen LogP contribution >= 0.6 is 11.8 Å². The quantitative estimate of drug-likeness (QED) is 0.792. The molecule has 1 amide bonds. The Bertz CT molecular complexity index is 385. The van der Waals surface area contributed by atoms with Gasteiger partial charge in [-0.2, -0.15) is 0 Å². The van der Waals surface area contributed by atoms with Crippen molar-refractivity contribution in [3.8, 4) is 0 Å². The molecule has 3 N–H and O–H groups in total. The van der Waals surface area contributed by atoms with Crippen molar-refractivity contribution in [3.63, 3.8) is 0 Å². The third kappa shape index (κ3) is 2.94. The van der Waals surface area contributed by atoms with E-state index in [1.54, 1.807) is 0 Å². The van der Waals surface area contributed by atoms with Crippen LogP contribution in [0.25, 0.3) is 0 Å². The van der Waals surface area contributed by atoms with Gasteiger partial charge in [-0.1, -0.05) is 13.3 Å². The molecule has 2 rings (SSSR count). The first-order chi connectivity index (χ1) is 9.49. The number of hydrogen-bond donors (Lipinski definition) is 2. The minimum atomic E-state index is -0.969. The van der Waals surface area contributed by atoms with E-state index in [1.807, 2.05) is 6.92 Å². The van der Waals surface area contributed by atoms with Crippen molar-refractivity contribution in [2.75, 3.05) is 19.0 Å². The summed E-state index contributed by atoms with van der Waals surface area (Å²) in [5.74, 6) is -0.727. The fraction of sp³-hybridized carbons (Fsp3) is 0.846. The fourth-order valence-corrected chi connectivity index (χ4v) is 4.22. The molecular weight excluding hydrogens is 280 g/mol. The Morgan fingerprint density at radius 3 is 2.65 bits per heavy atom. The van der Waals surface area contributed by atoms with Crippen LogP contribution in [-0.4, -0.2) is 57.8 Å². The SMILES string of the molecule is CCCC1SCC(C(=O)O)N1C(=O)C1(N)CCOCC1. The van der Waals surface area contributed by atoms with E-state index < -0.39 is 17.6 Å². The van der Waals surface area contributed by atoms with Crippen molar-refractivity contribution >= 4 is 23.6 Å². The van der Waals surface area contributed by atoms with E-state index in [2.05, 4.69) is 0 Å². The molecule has 114 valence electrons. The number of carboxylic acids is 1. The molecule has 0 radical (unpaired) electrons. The molecule has 6 nitrogen and oxygen atoms in total. The first kappa shape index (κ1) is 15.6. The molecule has 20 heavy (non-hydrogen) atoms. The highest BCUT2D eigenvalue weighted by Crippen LogP contribution is 2.35. The predicted octanol–water partition coefficient (Wildman–Crippen LogP) is 0.649. The summed E-state index contributed by atoms with van der Waals surface area (Å²) < 4.78 is 5.25. The number of aliphatic carboxylic acids is 1. The number of rotatable bonds is 4. The standard InChI is InChI=1S/C13H22N2O4S/c1-2-3-10-15(9(8-20-10)11(16)17)12(18)13(14)4-6-19-7-5-13/h9-10H,2-8,14H2,1H3,(H,16,17). The first-order valence-electron chi connectivity index (χ1n) is 7.03. The van der Waals surface area contributed by atoms with E-state index >= 15 is 0 Å². The molecule has 0 spiro atoms. The van der Waals surface area contributed by atoms with Crippen molar-refractivity contribution in [2.24, 2.45) is 5.73 Å². The molecule has 0 bridgehead atoms. The predicted molar refractivity (Wildman–Crippen MR) is 76.4 cm³/mol. The van der Waals surface area contributed by atoms with Crippen LogP contribution in [0.3, 0.4) is 0 Å². The lowest BCUT2D eigenvalue weighted by molar-refractivity contribution is -0.153. The van der Waals surface area contributed by atoms with Gasteiger partial charge in [0.15, 0.2) is 0 Å². The summed E-state index contributed by atoms with van der Waals surface area (Å²) in [5.41, 5.74) is 5.26. The summed E-state index contributed by atoms with van der Waals surface area (Å²) in [5, 5.41) is 9.26. The highest BCUT2D eigenvalue weighted by Gasteiger charge is 2.48. The lowest BCUT2D eigenvalue weighted by Crippen LogP contribution is -2.61. The Labute approximate surface area is 123 Å². The van der Waals surface area contributed by atoms with Gasteiger partial charge in [-0.05, 0) is 19.3 Å². The number of carboxylic acid groups (broad SMARTS) is 1. The molecule has 2 saturated heterocycles. The van der Waals surface area contributed by atoms with Gasteiger partial charge in [0.1, 0.15) is 11.6 Å². The normalized spacial score (nSPS) is 29.4. The third-order valence-corrected chi connectivity index (χ3v) is 5.31. The van der Waals surface area contributed by atoms with Gasteiger partial charge in [-0.3, -0.25) is 4.79 Å². The van der Waals surface area contributed by atoms with Crippen LogP contribution in [-0.2, 0) is 14.3 Å².